The number of fused-ring (bicyclic) bond motifs is 1. The van der Waals surface area contributed by atoms with E-state index >= 15 is 0 Å². The highest BCUT2D eigenvalue weighted by Crippen LogP contribution is 2.28. The van der Waals surface area contributed by atoms with Gasteiger partial charge in [-0.15, -0.1) is 0 Å². The summed E-state index contributed by atoms with van der Waals surface area (Å²) in [4.78, 5) is 13.8. The van der Waals surface area contributed by atoms with Gasteiger partial charge in [-0.05, 0) is 50.1 Å². The van der Waals surface area contributed by atoms with Crippen LogP contribution in [0.3, 0.4) is 0 Å². The minimum absolute atomic E-state index is 0.134. The largest absolute Gasteiger partial charge is 0.371 e. The lowest BCUT2D eigenvalue weighted by molar-refractivity contribution is -0.116. The van der Waals surface area contributed by atoms with Crippen LogP contribution >= 0.6 is 0 Å². The molecule has 1 amide bonds. The molecule has 0 aromatic heterocycles. The summed E-state index contributed by atoms with van der Waals surface area (Å²) in [5.74, 6) is 0.134. The molecular formula is C15H21N3O. The van der Waals surface area contributed by atoms with Crippen molar-refractivity contribution in [3.8, 4) is 0 Å². The summed E-state index contributed by atoms with van der Waals surface area (Å²) in [6, 6.07) is 7.08. The quantitative estimate of drug-likeness (QED) is 0.850. The number of carbonyl (C=O) groups excluding carboxylic acids is 1. The van der Waals surface area contributed by atoms with E-state index in [2.05, 4.69) is 27.7 Å². The molecule has 102 valence electrons. The minimum Gasteiger partial charge on any atom is -0.371 e. The van der Waals surface area contributed by atoms with Crippen molar-refractivity contribution in [1.29, 1.82) is 0 Å². The fraction of sp³-hybridized carbons (Fsp3) is 0.533. The highest BCUT2D eigenvalue weighted by molar-refractivity contribution is 5.94. The molecule has 2 N–H and O–H groups in total. The third-order valence-corrected chi connectivity index (χ3v) is 4.25. The van der Waals surface area contributed by atoms with Gasteiger partial charge in [0.2, 0.25) is 5.91 Å². The second-order valence-corrected chi connectivity index (χ2v) is 5.44. The molecule has 4 heteroatoms. The molecule has 2 aliphatic heterocycles. The van der Waals surface area contributed by atoms with Gasteiger partial charge < -0.3 is 15.5 Å². The summed E-state index contributed by atoms with van der Waals surface area (Å²) in [6.07, 6.45) is 3.87. The number of nitrogens with one attached hydrogen (secondary N) is 2. The first-order valence-electron chi connectivity index (χ1n) is 7.11. The summed E-state index contributed by atoms with van der Waals surface area (Å²) >= 11 is 0. The first-order valence-corrected chi connectivity index (χ1v) is 7.11. The van der Waals surface area contributed by atoms with E-state index in [1.807, 2.05) is 13.1 Å². The zero-order valence-electron chi connectivity index (χ0n) is 11.4. The molecule has 1 aromatic carbocycles. The van der Waals surface area contributed by atoms with Crippen molar-refractivity contribution in [2.45, 2.75) is 31.7 Å². The van der Waals surface area contributed by atoms with Crippen LogP contribution in [0, 0.1) is 0 Å². The number of rotatable bonds is 2. The molecule has 0 unspecified atom stereocenters. The van der Waals surface area contributed by atoms with Crippen LogP contribution in [0.4, 0.5) is 11.4 Å². The van der Waals surface area contributed by atoms with Gasteiger partial charge >= 0.3 is 0 Å². The van der Waals surface area contributed by atoms with Crippen molar-refractivity contribution in [2.75, 3.05) is 30.4 Å². The van der Waals surface area contributed by atoms with Gasteiger partial charge in [0.15, 0.2) is 0 Å². The maximum absolute atomic E-state index is 11.4. The van der Waals surface area contributed by atoms with Gasteiger partial charge in [-0.2, -0.15) is 0 Å². The van der Waals surface area contributed by atoms with Crippen LogP contribution in [0.1, 0.15) is 24.8 Å². The fourth-order valence-corrected chi connectivity index (χ4v) is 2.99. The Morgan fingerprint density at radius 3 is 2.79 bits per heavy atom. The number of nitrogens with zero attached hydrogens (tertiary/aromatic N) is 1. The van der Waals surface area contributed by atoms with Crippen LogP contribution in [0.2, 0.25) is 0 Å². The molecular weight excluding hydrogens is 238 g/mol. The smallest absolute Gasteiger partial charge is 0.224 e. The number of amides is 1. The average Bonchev–Trinajstić information content (AvgIpc) is 2.47. The van der Waals surface area contributed by atoms with E-state index in [1.165, 1.54) is 24.1 Å². The summed E-state index contributed by atoms with van der Waals surface area (Å²) in [7, 11) is 2.04. The van der Waals surface area contributed by atoms with Gasteiger partial charge in [0, 0.05) is 36.9 Å². The van der Waals surface area contributed by atoms with Crippen LogP contribution in [0.25, 0.3) is 0 Å². The second-order valence-electron chi connectivity index (χ2n) is 5.44. The van der Waals surface area contributed by atoms with Gasteiger partial charge in [0.25, 0.3) is 0 Å². The third-order valence-electron chi connectivity index (χ3n) is 4.25. The fourth-order valence-electron chi connectivity index (χ4n) is 2.99. The molecule has 19 heavy (non-hydrogen) atoms. The Kier molecular flexibility index (Phi) is 3.42. The lowest BCUT2D eigenvalue weighted by Crippen LogP contribution is -2.41. The lowest BCUT2D eigenvalue weighted by atomic mass is 10.0. The molecule has 0 atom stereocenters. The van der Waals surface area contributed by atoms with Gasteiger partial charge in [-0.1, -0.05) is 0 Å². The zero-order chi connectivity index (χ0) is 13.2. The summed E-state index contributed by atoms with van der Waals surface area (Å²) in [5, 5.41) is 6.30. The molecule has 0 radical (unpaired) electrons. The number of piperidine rings is 1. The minimum atomic E-state index is 0.134. The van der Waals surface area contributed by atoms with E-state index in [0.29, 0.717) is 12.5 Å². The Morgan fingerprint density at radius 1 is 1.26 bits per heavy atom. The van der Waals surface area contributed by atoms with Gasteiger partial charge in [0.1, 0.15) is 0 Å². The normalized spacial score (nSPS) is 20.1. The Bertz CT molecular complexity index is 478. The molecule has 1 saturated heterocycles. The number of anilines is 2. The first kappa shape index (κ1) is 12.5. The van der Waals surface area contributed by atoms with Crippen LogP contribution in [0.15, 0.2) is 18.2 Å². The number of hydrogen-bond donors (Lipinski definition) is 2. The second kappa shape index (κ2) is 5.21. The number of carbonyl (C=O) groups is 1. The number of aryl methyl sites for hydroxylation is 1. The van der Waals surface area contributed by atoms with Crippen LogP contribution in [-0.4, -0.2) is 32.1 Å². The van der Waals surface area contributed by atoms with Crippen LogP contribution < -0.4 is 15.5 Å². The highest BCUT2D eigenvalue weighted by atomic mass is 16.1. The van der Waals surface area contributed by atoms with Crippen molar-refractivity contribution >= 4 is 17.3 Å². The molecule has 0 spiro atoms. The Hall–Kier alpha value is -1.55. The average molecular weight is 259 g/mol. The highest BCUT2D eigenvalue weighted by Gasteiger charge is 2.20. The molecule has 4 nitrogen and oxygen atoms in total. The van der Waals surface area contributed by atoms with Crippen LogP contribution in [0.5, 0.6) is 0 Å². The summed E-state index contributed by atoms with van der Waals surface area (Å²) in [5.41, 5.74) is 3.56. The predicted octanol–water partition coefficient (Wildman–Crippen LogP) is 1.76. The van der Waals surface area contributed by atoms with Crippen molar-refractivity contribution in [3.05, 3.63) is 23.8 Å². The number of benzene rings is 1. The summed E-state index contributed by atoms with van der Waals surface area (Å²) < 4.78 is 0. The van der Waals surface area contributed by atoms with Crippen molar-refractivity contribution in [1.82, 2.24) is 5.32 Å². The molecule has 1 aromatic rings. The van der Waals surface area contributed by atoms with Crippen molar-refractivity contribution < 1.29 is 4.79 Å². The van der Waals surface area contributed by atoms with E-state index in [4.69, 9.17) is 0 Å². The SMILES string of the molecule is CNC1CCN(c2ccc3c(c2)CCC(=O)N3)CC1. The molecule has 2 heterocycles. The Labute approximate surface area is 114 Å². The van der Waals surface area contributed by atoms with E-state index < -0.39 is 0 Å². The number of hydrogen-bond acceptors (Lipinski definition) is 3. The summed E-state index contributed by atoms with van der Waals surface area (Å²) in [6.45, 7) is 2.22. The first-order chi connectivity index (χ1) is 9.26. The van der Waals surface area contributed by atoms with Gasteiger partial charge in [-0.3, -0.25) is 4.79 Å². The third kappa shape index (κ3) is 2.59. The van der Waals surface area contributed by atoms with E-state index in [-0.39, 0.29) is 5.91 Å². The molecule has 2 aliphatic rings. The van der Waals surface area contributed by atoms with E-state index in [9.17, 15) is 4.79 Å². The van der Waals surface area contributed by atoms with Gasteiger partial charge in [-0.25, -0.2) is 0 Å². The standard InChI is InChI=1S/C15H21N3O/c1-16-12-6-8-18(9-7-12)13-3-4-14-11(10-13)2-5-15(19)17-14/h3-4,10,12,16H,2,5-9H2,1H3,(H,17,19). The molecule has 0 saturated carbocycles. The maximum Gasteiger partial charge on any atom is 0.224 e. The molecule has 1 fully saturated rings. The predicted molar refractivity (Wildman–Crippen MR) is 77.7 cm³/mol. The maximum atomic E-state index is 11.4. The monoisotopic (exact) mass is 259 g/mol. The zero-order valence-corrected chi connectivity index (χ0v) is 11.4. The molecule has 0 bridgehead atoms. The Balaban J connectivity index is 1.74. The van der Waals surface area contributed by atoms with E-state index in [0.717, 1.165) is 25.2 Å². The van der Waals surface area contributed by atoms with E-state index in [1.54, 1.807) is 0 Å². The lowest BCUT2D eigenvalue weighted by Gasteiger charge is -2.34. The molecule has 0 aliphatic carbocycles. The molecule has 3 rings (SSSR count). The Morgan fingerprint density at radius 2 is 2.05 bits per heavy atom. The topological polar surface area (TPSA) is 44.4 Å². The van der Waals surface area contributed by atoms with Crippen LogP contribution in [-0.2, 0) is 11.2 Å². The van der Waals surface area contributed by atoms with Crippen molar-refractivity contribution in [2.24, 2.45) is 0 Å². The van der Waals surface area contributed by atoms with Gasteiger partial charge in [0.05, 0.1) is 0 Å². The van der Waals surface area contributed by atoms with Crippen molar-refractivity contribution in [3.63, 3.8) is 0 Å².